The smallest absolute Gasteiger partial charge is 0.178 e. The quantitative estimate of drug-likeness (QED) is 0.479. The molecular formula is C26H26N2O2S. The van der Waals surface area contributed by atoms with E-state index < -0.39 is 5.72 Å². The summed E-state index contributed by atoms with van der Waals surface area (Å²) in [6.45, 7) is 4.59. The molecule has 0 amide bonds. The Balaban J connectivity index is 1.68. The van der Waals surface area contributed by atoms with Crippen molar-refractivity contribution in [1.29, 1.82) is 0 Å². The van der Waals surface area contributed by atoms with Crippen molar-refractivity contribution in [1.82, 2.24) is 0 Å². The molecule has 1 fully saturated rings. The minimum absolute atomic E-state index is 0.536. The highest BCUT2D eigenvalue weighted by atomic mass is 32.2. The van der Waals surface area contributed by atoms with Crippen LogP contribution >= 0.6 is 11.8 Å². The van der Waals surface area contributed by atoms with E-state index in [4.69, 9.17) is 9.73 Å². The number of aliphatic imine (C=N–C) groups is 1. The van der Waals surface area contributed by atoms with Crippen LogP contribution < -0.4 is 9.64 Å². The molecule has 0 unspecified atom stereocenters. The number of benzene rings is 3. The molecule has 0 radical (unpaired) electrons. The molecule has 4 rings (SSSR count). The first-order valence-electron chi connectivity index (χ1n) is 10.4. The van der Waals surface area contributed by atoms with Crippen LogP contribution in [-0.4, -0.2) is 23.2 Å². The van der Waals surface area contributed by atoms with Gasteiger partial charge >= 0.3 is 0 Å². The molecule has 1 N–H and O–H groups in total. The molecular weight excluding hydrogens is 404 g/mol. The zero-order valence-corrected chi connectivity index (χ0v) is 18.5. The highest BCUT2D eigenvalue weighted by Gasteiger charge is 2.44. The first-order valence-corrected chi connectivity index (χ1v) is 11.3. The summed E-state index contributed by atoms with van der Waals surface area (Å²) in [5, 5.41) is 12.7. The van der Waals surface area contributed by atoms with Gasteiger partial charge in [0.1, 0.15) is 5.75 Å². The van der Waals surface area contributed by atoms with Crippen molar-refractivity contribution in [3.63, 3.8) is 0 Å². The van der Waals surface area contributed by atoms with Crippen molar-refractivity contribution in [3.05, 3.63) is 102 Å². The SMILES string of the molecule is CCOc1ccc(N=C(C)/C=C2\SC[C@@](O)(c3ccccc3)N2c2ccccc2)cc1. The number of hydrogen-bond acceptors (Lipinski definition) is 5. The molecule has 3 aromatic carbocycles. The molecule has 4 nitrogen and oxygen atoms in total. The zero-order valence-electron chi connectivity index (χ0n) is 17.7. The van der Waals surface area contributed by atoms with E-state index in [1.54, 1.807) is 11.8 Å². The fourth-order valence-corrected chi connectivity index (χ4v) is 4.91. The summed E-state index contributed by atoms with van der Waals surface area (Å²) < 4.78 is 5.50. The lowest BCUT2D eigenvalue weighted by Crippen LogP contribution is -2.42. The number of nitrogens with zero attached hydrogens (tertiary/aromatic N) is 2. The largest absolute Gasteiger partial charge is 0.494 e. The van der Waals surface area contributed by atoms with Gasteiger partial charge in [-0.15, -0.1) is 11.8 Å². The van der Waals surface area contributed by atoms with Gasteiger partial charge in [0.2, 0.25) is 0 Å². The van der Waals surface area contributed by atoms with Crippen LogP contribution in [0.3, 0.4) is 0 Å². The van der Waals surface area contributed by atoms with E-state index >= 15 is 0 Å². The summed E-state index contributed by atoms with van der Waals surface area (Å²) >= 11 is 1.63. The molecule has 5 heteroatoms. The molecule has 3 aromatic rings. The van der Waals surface area contributed by atoms with Crippen LogP contribution in [0.5, 0.6) is 5.75 Å². The average molecular weight is 431 g/mol. The number of anilines is 1. The topological polar surface area (TPSA) is 45.1 Å². The molecule has 0 aliphatic carbocycles. The van der Waals surface area contributed by atoms with Gasteiger partial charge in [-0.25, -0.2) is 0 Å². The Hall–Kier alpha value is -3.02. The molecule has 1 heterocycles. The lowest BCUT2D eigenvalue weighted by atomic mass is 10.0. The van der Waals surface area contributed by atoms with Crippen LogP contribution in [0.2, 0.25) is 0 Å². The molecule has 1 saturated heterocycles. The second kappa shape index (κ2) is 9.41. The number of aliphatic hydroxyl groups is 1. The summed E-state index contributed by atoms with van der Waals surface area (Å²) in [7, 11) is 0. The highest BCUT2D eigenvalue weighted by Crippen LogP contribution is 2.47. The van der Waals surface area contributed by atoms with Crippen molar-refractivity contribution >= 4 is 28.8 Å². The average Bonchev–Trinajstić information content (AvgIpc) is 3.13. The van der Waals surface area contributed by atoms with Gasteiger partial charge in [0, 0.05) is 17.0 Å². The molecule has 0 saturated carbocycles. The molecule has 0 spiro atoms. The van der Waals surface area contributed by atoms with E-state index in [1.807, 2.05) is 110 Å². The van der Waals surface area contributed by atoms with Crippen LogP contribution in [0.4, 0.5) is 11.4 Å². The summed E-state index contributed by atoms with van der Waals surface area (Å²) in [6.07, 6.45) is 2.04. The van der Waals surface area contributed by atoms with Gasteiger partial charge in [0.15, 0.2) is 5.72 Å². The van der Waals surface area contributed by atoms with Crippen molar-refractivity contribution in [2.45, 2.75) is 19.6 Å². The summed E-state index contributed by atoms with van der Waals surface area (Å²) in [6, 6.07) is 27.6. The Labute approximate surface area is 187 Å². The van der Waals surface area contributed by atoms with Crippen LogP contribution in [0.1, 0.15) is 19.4 Å². The third kappa shape index (κ3) is 4.68. The number of para-hydroxylation sites is 1. The Morgan fingerprint density at radius 3 is 2.32 bits per heavy atom. The summed E-state index contributed by atoms with van der Waals surface area (Å²) in [4.78, 5) is 6.74. The molecule has 1 aliphatic heterocycles. The van der Waals surface area contributed by atoms with Crippen LogP contribution in [0, 0.1) is 0 Å². The molecule has 1 aliphatic rings. The minimum atomic E-state index is -1.13. The van der Waals surface area contributed by atoms with Crippen molar-refractivity contribution in [2.75, 3.05) is 17.3 Å². The van der Waals surface area contributed by atoms with Crippen LogP contribution in [0.15, 0.2) is 101 Å². The van der Waals surface area contributed by atoms with Crippen molar-refractivity contribution in [3.8, 4) is 5.75 Å². The van der Waals surface area contributed by atoms with Crippen LogP contribution in [-0.2, 0) is 5.72 Å². The predicted octanol–water partition coefficient (Wildman–Crippen LogP) is 6.12. The maximum atomic E-state index is 11.7. The van der Waals surface area contributed by atoms with E-state index in [9.17, 15) is 5.11 Å². The normalized spacial score (nSPS) is 20.3. The van der Waals surface area contributed by atoms with Crippen molar-refractivity contribution in [2.24, 2.45) is 4.99 Å². The fraction of sp³-hybridized carbons (Fsp3) is 0.192. The minimum Gasteiger partial charge on any atom is -0.494 e. The maximum Gasteiger partial charge on any atom is 0.178 e. The number of ether oxygens (including phenoxy) is 1. The van der Waals surface area contributed by atoms with Gasteiger partial charge in [0.05, 0.1) is 23.1 Å². The second-order valence-corrected chi connectivity index (χ2v) is 8.30. The van der Waals surface area contributed by atoms with E-state index in [0.717, 1.165) is 33.4 Å². The monoisotopic (exact) mass is 430 g/mol. The summed E-state index contributed by atoms with van der Waals surface area (Å²) in [5.41, 5.74) is 2.42. The first kappa shape index (κ1) is 21.2. The van der Waals surface area contributed by atoms with Gasteiger partial charge in [0.25, 0.3) is 0 Å². The highest BCUT2D eigenvalue weighted by molar-refractivity contribution is 8.03. The van der Waals surface area contributed by atoms with Gasteiger partial charge in [-0.1, -0.05) is 48.5 Å². The van der Waals surface area contributed by atoms with E-state index in [0.29, 0.717) is 12.4 Å². The fourth-order valence-electron chi connectivity index (χ4n) is 3.63. The molecule has 158 valence electrons. The molecule has 31 heavy (non-hydrogen) atoms. The maximum absolute atomic E-state index is 11.7. The standard InChI is InChI=1S/C26H26N2O2S/c1-3-30-24-16-14-22(15-17-24)27-20(2)18-25-28(23-12-8-5-9-13-23)26(29,19-31-25)21-10-6-4-7-11-21/h4-18,29H,3,19H2,1-2H3/b25-18-,27-20?/t26-/m1/s1. The Morgan fingerprint density at radius 2 is 1.68 bits per heavy atom. The third-order valence-electron chi connectivity index (χ3n) is 5.05. The molecule has 0 bridgehead atoms. The first-order chi connectivity index (χ1) is 15.1. The predicted molar refractivity (Wildman–Crippen MR) is 130 cm³/mol. The second-order valence-electron chi connectivity index (χ2n) is 7.30. The molecule has 1 atom stereocenters. The van der Waals surface area contributed by atoms with Gasteiger partial charge in [-0.05, 0) is 56.3 Å². The number of thioether (sulfide) groups is 1. The van der Waals surface area contributed by atoms with E-state index in [-0.39, 0.29) is 0 Å². The number of rotatable bonds is 6. The number of hydrogen-bond donors (Lipinski definition) is 1. The summed E-state index contributed by atoms with van der Waals surface area (Å²) in [5.74, 6) is 1.38. The van der Waals surface area contributed by atoms with Gasteiger partial charge in [-0.2, -0.15) is 0 Å². The Kier molecular flexibility index (Phi) is 6.44. The third-order valence-corrected chi connectivity index (χ3v) is 6.19. The Morgan fingerprint density at radius 1 is 1.03 bits per heavy atom. The van der Waals surface area contributed by atoms with Gasteiger partial charge < -0.3 is 14.7 Å². The lowest BCUT2D eigenvalue weighted by Gasteiger charge is -2.35. The van der Waals surface area contributed by atoms with E-state index in [1.165, 1.54) is 0 Å². The zero-order chi connectivity index (χ0) is 21.7. The lowest BCUT2D eigenvalue weighted by molar-refractivity contribution is 0.0721. The van der Waals surface area contributed by atoms with E-state index in [2.05, 4.69) is 0 Å². The van der Waals surface area contributed by atoms with Gasteiger partial charge in [-0.3, -0.25) is 4.99 Å². The number of allylic oxidation sites excluding steroid dienone is 1. The van der Waals surface area contributed by atoms with Crippen molar-refractivity contribution < 1.29 is 9.84 Å². The molecule has 0 aromatic heterocycles. The van der Waals surface area contributed by atoms with Crippen LogP contribution in [0.25, 0.3) is 0 Å². The Bertz CT molecular complexity index is 1070.